The Bertz CT molecular complexity index is 450. The molecule has 0 bridgehead atoms. The van der Waals surface area contributed by atoms with Crippen LogP contribution in [0.15, 0.2) is 4.99 Å². The Labute approximate surface area is 164 Å². The average molecular weight is 478 g/mol. The minimum absolute atomic E-state index is 0. The number of guanidine groups is 1. The maximum atomic E-state index is 11.3. The second kappa shape index (κ2) is 13.1. The average Bonchev–Trinajstić information content (AvgIpc) is 2.45. The van der Waals surface area contributed by atoms with Crippen molar-refractivity contribution in [1.29, 1.82) is 0 Å². The van der Waals surface area contributed by atoms with Crippen molar-refractivity contribution >= 4 is 40.0 Å². The van der Waals surface area contributed by atoms with E-state index in [0.717, 1.165) is 12.5 Å². The van der Waals surface area contributed by atoms with E-state index in [4.69, 9.17) is 4.74 Å². The highest BCUT2D eigenvalue weighted by Crippen LogP contribution is 2.21. The van der Waals surface area contributed by atoms with Gasteiger partial charge >= 0.3 is 0 Å². The van der Waals surface area contributed by atoms with Crippen LogP contribution in [0.2, 0.25) is 0 Å². The van der Waals surface area contributed by atoms with Crippen molar-refractivity contribution in [2.45, 2.75) is 47.1 Å². The Kier molecular flexibility index (Phi) is 14.3. The van der Waals surface area contributed by atoms with Crippen molar-refractivity contribution in [3.05, 3.63) is 0 Å². The number of rotatable bonds is 10. The van der Waals surface area contributed by atoms with Crippen molar-refractivity contribution in [3.63, 3.8) is 0 Å². The molecule has 0 saturated heterocycles. The molecule has 24 heavy (non-hydrogen) atoms. The topological polar surface area (TPSA) is 91.8 Å². The van der Waals surface area contributed by atoms with Crippen LogP contribution in [0.1, 0.15) is 41.0 Å². The van der Waals surface area contributed by atoms with Crippen LogP contribution in [0.5, 0.6) is 0 Å². The monoisotopic (exact) mass is 478 g/mol. The fourth-order valence-corrected chi connectivity index (χ4v) is 2.50. The largest absolute Gasteiger partial charge is 0.379 e. The lowest BCUT2D eigenvalue weighted by molar-refractivity contribution is 0.0241. The summed E-state index contributed by atoms with van der Waals surface area (Å²) >= 11 is 0. The van der Waals surface area contributed by atoms with Crippen molar-refractivity contribution in [2.75, 3.05) is 39.0 Å². The molecule has 1 unspecified atom stereocenters. The normalized spacial score (nSPS) is 14.0. The predicted molar refractivity (Wildman–Crippen MR) is 112 cm³/mol. The van der Waals surface area contributed by atoms with E-state index in [2.05, 4.69) is 41.1 Å². The highest BCUT2D eigenvalue weighted by molar-refractivity contribution is 14.0. The molecule has 0 aliphatic heterocycles. The van der Waals surface area contributed by atoms with Crippen LogP contribution in [-0.4, -0.2) is 59.5 Å². The number of ether oxygens (including phenoxy) is 1. The first-order chi connectivity index (χ1) is 10.7. The van der Waals surface area contributed by atoms with Crippen LogP contribution in [0.3, 0.4) is 0 Å². The van der Waals surface area contributed by atoms with Crippen molar-refractivity contribution in [2.24, 2.45) is 10.4 Å². The number of halogens is 1. The molecule has 7 nitrogen and oxygen atoms in total. The van der Waals surface area contributed by atoms with Crippen molar-refractivity contribution < 1.29 is 13.2 Å². The van der Waals surface area contributed by atoms with Crippen LogP contribution in [0, 0.1) is 5.41 Å². The van der Waals surface area contributed by atoms with E-state index >= 15 is 0 Å². The molecule has 0 aromatic carbocycles. The zero-order valence-electron chi connectivity index (χ0n) is 15.8. The van der Waals surface area contributed by atoms with E-state index in [0.29, 0.717) is 26.1 Å². The number of hydrogen-bond acceptors (Lipinski definition) is 4. The molecule has 0 rings (SSSR count). The summed E-state index contributed by atoms with van der Waals surface area (Å²) in [6.07, 6.45) is 0.728. The summed E-state index contributed by atoms with van der Waals surface area (Å²) in [5.41, 5.74) is 0.0218. The summed E-state index contributed by atoms with van der Waals surface area (Å²) in [5, 5.41) is 6.38. The Hall–Kier alpha value is -0.130. The first-order valence-electron chi connectivity index (χ1n) is 8.18. The number of nitrogens with one attached hydrogen (secondary N) is 3. The maximum Gasteiger partial charge on any atom is 0.211 e. The summed E-state index contributed by atoms with van der Waals surface area (Å²) in [6.45, 7) is 12.4. The smallest absolute Gasteiger partial charge is 0.211 e. The number of nitrogens with zero attached hydrogens (tertiary/aromatic N) is 1. The molecular weight excluding hydrogens is 443 g/mol. The molecule has 0 aliphatic rings. The van der Waals surface area contributed by atoms with Gasteiger partial charge in [0, 0.05) is 26.7 Å². The van der Waals surface area contributed by atoms with Crippen LogP contribution >= 0.6 is 24.0 Å². The van der Waals surface area contributed by atoms with Gasteiger partial charge in [-0.1, -0.05) is 20.8 Å². The standard InChI is InChI=1S/C15H34N4O3S.HI/c1-7-16-14(18-12-13(22-6)15(3,4)5)17-10-9-11-19-23(20,21)8-2;/h13,19H,7-12H2,1-6H3,(H2,16,17,18);1H. The Morgan fingerprint density at radius 3 is 2.25 bits per heavy atom. The van der Waals surface area contributed by atoms with Crippen LogP contribution < -0.4 is 15.4 Å². The van der Waals surface area contributed by atoms with Gasteiger partial charge in [0.1, 0.15) is 0 Å². The van der Waals surface area contributed by atoms with Gasteiger partial charge in [0.25, 0.3) is 0 Å². The molecule has 0 radical (unpaired) electrons. The summed E-state index contributed by atoms with van der Waals surface area (Å²) in [6, 6.07) is 0. The van der Waals surface area contributed by atoms with Crippen LogP contribution in [-0.2, 0) is 14.8 Å². The Balaban J connectivity index is 0. The molecule has 0 heterocycles. The van der Waals surface area contributed by atoms with E-state index in [1.165, 1.54) is 0 Å². The fourth-order valence-electron chi connectivity index (χ4n) is 1.84. The first kappa shape index (κ1) is 26.1. The molecule has 0 aliphatic carbocycles. The van der Waals surface area contributed by atoms with E-state index in [1.807, 2.05) is 6.92 Å². The molecule has 0 aromatic heterocycles. The van der Waals surface area contributed by atoms with E-state index in [9.17, 15) is 8.42 Å². The number of hydrogen-bond donors (Lipinski definition) is 3. The lowest BCUT2D eigenvalue weighted by Crippen LogP contribution is -2.40. The van der Waals surface area contributed by atoms with Crippen LogP contribution in [0.4, 0.5) is 0 Å². The summed E-state index contributed by atoms with van der Waals surface area (Å²) in [7, 11) is -1.41. The van der Waals surface area contributed by atoms with Gasteiger partial charge in [-0.25, -0.2) is 13.1 Å². The van der Waals surface area contributed by atoms with Gasteiger partial charge in [-0.2, -0.15) is 0 Å². The molecule has 0 amide bonds. The molecule has 1 atom stereocenters. The fraction of sp³-hybridized carbons (Fsp3) is 0.933. The van der Waals surface area contributed by atoms with Gasteiger partial charge in [-0.3, -0.25) is 4.99 Å². The summed E-state index contributed by atoms with van der Waals surface area (Å²) in [4.78, 5) is 4.54. The zero-order chi connectivity index (χ0) is 17.9. The molecule has 0 spiro atoms. The van der Waals surface area contributed by atoms with Gasteiger partial charge in [0.15, 0.2) is 5.96 Å². The molecule has 0 aromatic rings. The highest BCUT2D eigenvalue weighted by atomic mass is 127. The molecular formula is C15H35IN4O3S. The quantitative estimate of drug-likeness (QED) is 0.192. The number of aliphatic imine (C=N–C) groups is 1. The van der Waals surface area contributed by atoms with E-state index in [1.54, 1.807) is 14.0 Å². The first-order valence-corrected chi connectivity index (χ1v) is 9.83. The molecule has 0 fully saturated rings. The van der Waals surface area contributed by atoms with Gasteiger partial charge in [0.2, 0.25) is 10.0 Å². The molecule has 0 saturated carbocycles. The second-order valence-electron chi connectivity index (χ2n) is 6.39. The van der Waals surface area contributed by atoms with Gasteiger partial charge in [-0.05, 0) is 25.7 Å². The highest BCUT2D eigenvalue weighted by Gasteiger charge is 2.24. The maximum absolute atomic E-state index is 11.3. The Morgan fingerprint density at radius 2 is 1.79 bits per heavy atom. The van der Waals surface area contributed by atoms with Gasteiger partial charge in [0.05, 0.1) is 18.4 Å². The van der Waals surface area contributed by atoms with Crippen molar-refractivity contribution in [1.82, 2.24) is 15.4 Å². The number of methoxy groups -OCH3 is 1. The van der Waals surface area contributed by atoms with Crippen molar-refractivity contribution in [3.8, 4) is 0 Å². The van der Waals surface area contributed by atoms with Crippen LogP contribution in [0.25, 0.3) is 0 Å². The third-order valence-electron chi connectivity index (χ3n) is 3.36. The molecule has 9 heteroatoms. The summed E-state index contributed by atoms with van der Waals surface area (Å²) < 4.78 is 30.7. The lowest BCUT2D eigenvalue weighted by Gasteiger charge is -2.28. The minimum Gasteiger partial charge on any atom is -0.379 e. The summed E-state index contributed by atoms with van der Waals surface area (Å²) in [5.74, 6) is 0.826. The van der Waals surface area contributed by atoms with E-state index in [-0.39, 0.29) is 41.2 Å². The lowest BCUT2D eigenvalue weighted by atomic mass is 9.89. The van der Waals surface area contributed by atoms with E-state index < -0.39 is 10.0 Å². The third kappa shape index (κ3) is 12.3. The molecule has 146 valence electrons. The third-order valence-corrected chi connectivity index (χ3v) is 4.76. The zero-order valence-corrected chi connectivity index (χ0v) is 19.0. The SMILES string of the molecule is CCNC(=NCC(OC)C(C)(C)C)NCCCNS(=O)(=O)CC.I. The Morgan fingerprint density at radius 1 is 1.17 bits per heavy atom. The number of sulfonamides is 1. The minimum atomic E-state index is -3.11. The molecule has 3 N–H and O–H groups in total. The second-order valence-corrected chi connectivity index (χ2v) is 8.48. The van der Waals surface area contributed by atoms with Gasteiger partial charge in [-0.15, -0.1) is 24.0 Å². The van der Waals surface area contributed by atoms with Gasteiger partial charge < -0.3 is 15.4 Å². The predicted octanol–water partition coefficient (Wildman–Crippen LogP) is 1.55.